The molecule has 1 unspecified atom stereocenters. The number of aromatic nitrogens is 1. The van der Waals surface area contributed by atoms with Gasteiger partial charge in [-0.2, -0.15) is 0 Å². The van der Waals surface area contributed by atoms with Crippen molar-refractivity contribution < 1.29 is 0 Å². The Labute approximate surface area is 105 Å². The normalized spacial score (nSPS) is 12.9. The van der Waals surface area contributed by atoms with Gasteiger partial charge in [0.1, 0.15) is 0 Å². The number of pyridine rings is 1. The molecule has 0 amide bonds. The van der Waals surface area contributed by atoms with E-state index >= 15 is 0 Å². The summed E-state index contributed by atoms with van der Waals surface area (Å²) >= 11 is 0. The van der Waals surface area contributed by atoms with Gasteiger partial charge >= 0.3 is 0 Å². The van der Waals surface area contributed by atoms with Gasteiger partial charge in [-0.1, -0.05) is 25.8 Å². The molecule has 3 heteroatoms. The number of hydrogen-bond donors (Lipinski definition) is 1. The van der Waals surface area contributed by atoms with Crippen LogP contribution in [-0.4, -0.2) is 36.1 Å². The maximum absolute atomic E-state index is 6.07. The first-order valence-electron chi connectivity index (χ1n) is 6.56. The standard InChI is InChI=1S/C14H25N3/c1-3-4-7-13(15)12-17(2)11-9-14-8-5-6-10-16-14/h5-6,8,10,13H,3-4,7,9,11-12,15H2,1-2H3. The highest BCUT2D eigenvalue weighted by molar-refractivity contribution is 5.03. The fourth-order valence-electron chi connectivity index (χ4n) is 1.90. The average Bonchev–Trinajstić information content (AvgIpc) is 2.35. The van der Waals surface area contributed by atoms with Crippen LogP contribution in [0.15, 0.2) is 24.4 Å². The second-order valence-corrected chi connectivity index (χ2v) is 4.74. The lowest BCUT2D eigenvalue weighted by Gasteiger charge is -2.20. The lowest BCUT2D eigenvalue weighted by molar-refractivity contribution is 0.305. The summed E-state index contributed by atoms with van der Waals surface area (Å²) < 4.78 is 0. The third-order valence-electron chi connectivity index (χ3n) is 2.95. The third kappa shape index (κ3) is 6.39. The Bertz CT molecular complexity index is 287. The molecule has 0 saturated heterocycles. The minimum absolute atomic E-state index is 0.309. The summed E-state index contributed by atoms with van der Waals surface area (Å²) in [6, 6.07) is 6.37. The fraction of sp³-hybridized carbons (Fsp3) is 0.643. The quantitative estimate of drug-likeness (QED) is 0.750. The number of likely N-dealkylation sites (N-methyl/N-ethyl adjacent to an activating group) is 1. The molecule has 1 aromatic heterocycles. The van der Waals surface area contributed by atoms with Gasteiger partial charge < -0.3 is 10.6 Å². The summed E-state index contributed by atoms with van der Waals surface area (Å²) in [6.45, 7) is 4.21. The summed E-state index contributed by atoms with van der Waals surface area (Å²) in [4.78, 5) is 6.62. The summed E-state index contributed by atoms with van der Waals surface area (Å²) in [6.07, 6.45) is 6.44. The van der Waals surface area contributed by atoms with Crippen LogP contribution >= 0.6 is 0 Å². The minimum atomic E-state index is 0.309. The van der Waals surface area contributed by atoms with Gasteiger partial charge in [0.15, 0.2) is 0 Å². The van der Waals surface area contributed by atoms with E-state index in [1.807, 2.05) is 18.3 Å². The van der Waals surface area contributed by atoms with Crippen molar-refractivity contribution in [2.24, 2.45) is 5.73 Å². The van der Waals surface area contributed by atoms with Crippen molar-refractivity contribution in [3.63, 3.8) is 0 Å². The van der Waals surface area contributed by atoms with E-state index in [9.17, 15) is 0 Å². The monoisotopic (exact) mass is 235 g/mol. The van der Waals surface area contributed by atoms with E-state index in [1.54, 1.807) is 0 Å². The Kier molecular flexibility index (Phi) is 6.82. The third-order valence-corrected chi connectivity index (χ3v) is 2.95. The van der Waals surface area contributed by atoms with Gasteiger partial charge in [0.2, 0.25) is 0 Å². The highest BCUT2D eigenvalue weighted by Crippen LogP contribution is 2.01. The van der Waals surface area contributed by atoms with Crippen molar-refractivity contribution in [2.75, 3.05) is 20.1 Å². The highest BCUT2D eigenvalue weighted by Gasteiger charge is 2.06. The number of unbranched alkanes of at least 4 members (excludes halogenated alkanes) is 1. The lowest BCUT2D eigenvalue weighted by Crippen LogP contribution is -2.36. The van der Waals surface area contributed by atoms with Crippen LogP contribution in [0.4, 0.5) is 0 Å². The van der Waals surface area contributed by atoms with Gasteiger partial charge in [-0.3, -0.25) is 4.98 Å². The zero-order valence-corrected chi connectivity index (χ0v) is 11.1. The van der Waals surface area contributed by atoms with E-state index in [4.69, 9.17) is 5.73 Å². The van der Waals surface area contributed by atoms with Crippen LogP contribution in [0.25, 0.3) is 0 Å². The Morgan fingerprint density at radius 3 is 2.88 bits per heavy atom. The molecule has 0 aromatic carbocycles. The minimum Gasteiger partial charge on any atom is -0.327 e. The molecule has 0 fully saturated rings. The molecule has 2 N–H and O–H groups in total. The summed E-state index contributed by atoms with van der Waals surface area (Å²) in [5.74, 6) is 0. The zero-order valence-electron chi connectivity index (χ0n) is 11.1. The number of nitrogens with zero attached hydrogens (tertiary/aromatic N) is 2. The molecular formula is C14H25N3. The molecule has 1 aromatic rings. The Hall–Kier alpha value is -0.930. The van der Waals surface area contributed by atoms with Crippen LogP contribution < -0.4 is 5.73 Å². The molecule has 0 aliphatic carbocycles. The molecule has 0 spiro atoms. The van der Waals surface area contributed by atoms with Gasteiger partial charge in [0.25, 0.3) is 0 Å². The molecule has 1 rings (SSSR count). The highest BCUT2D eigenvalue weighted by atomic mass is 15.1. The van der Waals surface area contributed by atoms with Gasteiger partial charge in [-0.15, -0.1) is 0 Å². The largest absolute Gasteiger partial charge is 0.327 e. The Morgan fingerprint density at radius 2 is 2.24 bits per heavy atom. The lowest BCUT2D eigenvalue weighted by atomic mass is 10.1. The fourth-order valence-corrected chi connectivity index (χ4v) is 1.90. The maximum Gasteiger partial charge on any atom is 0.0416 e. The summed E-state index contributed by atoms with van der Waals surface area (Å²) in [7, 11) is 2.13. The zero-order chi connectivity index (χ0) is 12.5. The molecule has 1 atom stereocenters. The Morgan fingerprint density at radius 1 is 1.41 bits per heavy atom. The second-order valence-electron chi connectivity index (χ2n) is 4.74. The first kappa shape index (κ1) is 14.1. The van der Waals surface area contributed by atoms with E-state index in [0.717, 1.165) is 31.6 Å². The van der Waals surface area contributed by atoms with E-state index in [2.05, 4.69) is 29.9 Å². The maximum atomic E-state index is 6.07. The molecule has 0 radical (unpaired) electrons. The van der Waals surface area contributed by atoms with Crippen LogP contribution in [-0.2, 0) is 6.42 Å². The first-order valence-corrected chi connectivity index (χ1v) is 6.56. The molecule has 1 heterocycles. The van der Waals surface area contributed by atoms with Crippen LogP contribution in [0.3, 0.4) is 0 Å². The van der Waals surface area contributed by atoms with Gasteiger partial charge in [0, 0.05) is 37.4 Å². The average molecular weight is 235 g/mol. The molecule has 3 nitrogen and oxygen atoms in total. The van der Waals surface area contributed by atoms with Crippen LogP contribution in [0.5, 0.6) is 0 Å². The number of rotatable bonds is 8. The number of hydrogen-bond acceptors (Lipinski definition) is 3. The van der Waals surface area contributed by atoms with Crippen molar-refractivity contribution in [3.8, 4) is 0 Å². The van der Waals surface area contributed by atoms with Gasteiger partial charge in [0.05, 0.1) is 0 Å². The van der Waals surface area contributed by atoms with E-state index < -0.39 is 0 Å². The second kappa shape index (κ2) is 8.20. The van der Waals surface area contributed by atoms with Crippen molar-refractivity contribution in [3.05, 3.63) is 30.1 Å². The predicted molar refractivity (Wildman–Crippen MR) is 72.9 cm³/mol. The predicted octanol–water partition coefficient (Wildman–Crippen LogP) is 2.07. The SMILES string of the molecule is CCCCC(N)CN(C)CCc1ccccn1. The molecule has 0 saturated carbocycles. The summed E-state index contributed by atoms with van der Waals surface area (Å²) in [5.41, 5.74) is 7.23. The van der Waals surface area contributed by atoms with Gasteiger partial charge in [-0.05, 0) is 25.6 Å². The first-order chi connectivity index (χ1) is 8.22. The van der Waals surface area contributed by atoms with E-state index in [0.29, 0.717) is 6.04 Å². The summed E-state index contributed by atoms with van der Waals surface area (Å²) in [5, 5.41) is 0. The van der Waals surface area contributed by atoms with E-state index in [1.165, 1.54) is 12.8 Å². The van der Waals surface area contributed by atoms with Crippen molar-refractivity contribution in [1.82, 2.24) is 9.88 Å². The number of nitrogens with two attached hydrogens (primary N) is 1. The molecule has 17 heavy (non-hydrogen) atoms. The molecule has 0 bridgehead atoms. The topological polar surface area (TPSA) is 42.1 Å². The van der Waals surface area contributed by atoms with Gasteiger partial charge in [-0.25, -0.2) is 0 Å². The smallest absolute Gasteiger partial charge is 0.0416 e. The molecule has 0 aliphatic rings. The van der Waals surface area contributed by atoms with E-state index in [-0.39, 0.29) is 0 Å². The molecule has 96 valence electrons. The molecular weight excluding hydrogens is 210 g/mol. The van der Waals surface area contributed by atoms with Crippen molar-refractivity contribution in [2.45, 2.75) is 38.6 Å². The van der Waals surface area contributed by atoms with Crippen molar-refractivity contribution in [1.29, 1.82) is 0 Å². The van der Waals surface area contributed by atoms with Crippen LogP contribution in [0.1, 0.15) is 31.9 Å². The van der Waals surface area contributed by atoms with Crippen LogP contribution in [0.2, 0.25) is 0 Å². The Balaban J connectivity index is 2.19. The van der Waals surface area contributed by atoms with Crippen LogP contribution in [0, 0.1) is 0 Å². The molecule has 0 aliphatic heterocycles. The van der Waals surface area contributed by atoms with Crippen molar-refractivity contribution >= 4 is 0 Å².